The molecular formula is C13H23NO. The molecule has 0 aromatic carbocycles. The highest BCUT2D eigenvalue weighted by Gasteiger charge is 2.22. The molecule has 1 N–H and O–H groups in total. The van der Waals surface area contributed by atoms with Gasteiger partial charge in [-0.2, -0.15) is 0 Å². The van der Waals surface area contributed by atoms with Gasteiger partial charge in [0.05, 0.1) is 5.60 Å². The quantitative estimate of drug-likeness (QED) is 0.813. The van der Waals surface area contributed by atoms with E-state index >= 15 is 0 Å². The Morgan fingerprint density at radius 3 is 2.20 bits per heavy atom. The summed E-state index contributed by atoms with van der Waals surface area (Å²) in [6.45, 7) is 13.3. The van der Waals surface area contributed by atoms with Crippen LogP contribution in [-0.4, -0.2) is 9.67 Å². The number of hydrogen-bond acceptors (Lipinski definition) is 1. The van der Waals surface area contributed by atoms with Gasteiger partial charge >= 0.3 is 0 Å². The van der Waals surface area contributed by atoms with E-state index < -0.39 is 5.60 Å². The second-order valence-electron chi connectivity index (χ2n) is 5.35. The zero-order chi connectivity index (χ0) is 11.8. The lowest BCUT2D eigenvalue weighted by molar-refractivity contribution is 0.0778. The maximum absolute atomic E-state index is 10.0. The molecule has 0 radical (unpaired) electrons. The Morgan fingerprint density at radius 1 is 1.33 bits per heavy atom. The van der Waals surface area contributed by atoms with Gasteiger partial charge in [-0.05, 0) is 39.7 Å². The minimum absolute atomic E-state index is 0.629. The van der Waals surface area contributed by atoms with Gasteiger partial charge in [-0.3, -0.25) is 0 Å². The van der Waals surface area contributed by atoms with E-state index in [1.165, 1.54) is 11.4 Å². The molecule has 0 aliphatic heterocycles. The lowest BCUT2D eigenvalue weighted by atomic mass is 9.99. The first-order chi connectivity index (χ1) is 6.73. The Labute approximate surface area is 92.9 Å². The lowest BCUT2D eigenvalue weighted by Crippen LogP contribution is -2.17. The van der Waals surface area contributed by atoms with Crippen LogP contribution in [0.5, 0.6) is 0 Å². The molecule has 0 unspecified atom stereocenters. The standard InChI is InChI=1S/C13H23NO/c1-9(2)8-14-10(3)7-12(11(14)4)13(5,6)15/h7,9,15H,8H2,1-6H3. The first-order valence-electron chi connectivity index (χ1n) is 5.63. The summed E-state index contributed by atoms with van der Waals surface area (Å²) in [4.78, 5) is 0. The molecule has 0 saturated carbocycles. The highest BCUT2D eigenvalue weighted by atomic mass is 16.3. The van der Waals surface area contributed by atoms with E-state index in [0.29, 0.717) is 5.92 Å². The lowest BCUT2D eigenvalue weighted by Gasteiger charge is -2.18. The molecule has 1 aromatic heterocycles. The van der Waals surface area contributed by atoms with Crippen molar-refractivity contribution in [3.8, 4) is 0 Å². The van der Waals surface area contributed by atoms with Crippen molar-refractivity contribution in [2.24, 2.45) is 5.92 Å². The molecule has 0 saturated heterocycles. The van der Waals surface area contributed by atoms with Crippen LogP contribution in [0.3, 0.4) is 0 Å². The summed E-state index contributed by atoms with van der Waals surface area (Å²) in [6.07, 6.45) is 0. The van der Waals surface area contributed by atoms with E-state index in [1.54, 1.807) is 0 Å². The molecule has 2 heteroatoms. The first-order valence-corrected chi connectivity index (χ1v) is 5.63. The molecule has 0 amide bonds. The van der Waals surface area contributed by atoms with Crippen molar-refractivity contribution in [1.82, 2.24) is 4.57 Å². The number of hydrogen-bond donors (Lipinski definition) is 1. The second-order valence-corrected chi connectivity index (χ2v) is 5.35. The molecule has 0 aliphatic carbocycles. The van der Waals surface area contributed by atoms with Crippen molar-refractivity contribution in [2.75, 3.05) is 0 Å². The molecule has 0 atom stereocenters. The highest BCUT2D eigenvalue weighted by Crippen LogP contribution is 2.27. The second kappa shape index (κ2) is 4.01. The van der Waals surface area contributed by atoms with Crippen LogP contribution in [0.4, 0.5) is 0 Å². The molecule has 0 aliphatic rings. The van der Waals surface area contributed by atoms with Crippen molar-refractivity contribution in [2.45, 2.75) is 53.7 Å². The van der Waals surface area contributed by atoms with Gasteiger partial charge in [0.25, 0.3) is 0 Å². The zero-order valence-corrected chi connectivity index (χ0v) is 10.8. The largest absolute Gasteiger partial charge is 0.386 e. The van der Waals surface area contributed by atoms with E-state index in [9.17, 15) is 5.11 Å². The van der Waals surface area contributed by atoms with Crippen LogP contribution in [-0.2, 0) is 12.1 Å². The molecule has 1 rings (SSSR count). The van der Waals surface area contributed by atoms with Crippen molar-refractivity contribution in [3.05, 3.63) is 23.0 Å². The monoisotopic (exact) mass is 209 g/mol. The number of aryl methyl sites for hydroxylation is 1. The fraction of sp³-hybridized carbons (Fsp3) is 0.692. The number of aliphatic hydroxyl groups is 1. The van der Waals surface area contributed by atoms with Crippen molar-refractivity contribution >= 4 is 0 Å². The maximum Gasteiger partial charge on any atom is 0.0857 e. The normalized spacial score (nSPS) is 12.5. The number of aromatic nitrogens is 1. The minimum atomic E-state index is -0.739. The van der Waals surface area contributed by atoms with E-state index in [-0.39, 0.29) is 0 Å². The first kappa shape index (κ1) is 12.3. The summed E-state index contributed by atoms with van der Waals surface area (Å²) < 4.78 is 2.29. The van der Waals surface area contributed by atoms with Crippen LogP contribution in [0.25, 0.3) is 0 Å². The van der Waals surface area contributed by atoms with E-state index in [2.05, 4.69) is 38.3 Å². The maximum atomic E-state index is 10.0. The van der Waals surface area contributed by atoms with E-state index in [0.717, 1.165) is 12.1 Å². The Kier molecular flexibility index (Phi) is 3.29. The molecule has 0 bridgehead atoms. The van der Waals surface area contributed by atoms with Crippen LogP contribution in [0, 0.1) is 19.8 Å². The van der Waals surface area contributed by atoms with Gasteiger partial charge in [-0.1, -0.05) is 13.8 Å². The van der Waals surface area contributed by atoms with Crippen molar-refractivity contribution in [3.63, 3.8) is 0 Å². The topological polar surface area (TPSA) is 25.2 Å². The Balaban J connectivity index is 3.15. The summed E-state index contributed by atoms with van der Waals surface area (Å²) in [5.74, 6) is 0.629. The SMILES string of the molecule is Cc1cc(C(C)(C)O)c(C)n1CC(C)C. The van der Waals surface area contributed by atoms with Crippen LogP contribution >= 0.6 is 0 Å². The van der Waals surface area contributed by atoms with Gasteiger partial charge < -0.3 is 9.67 Å². The molecule has 1 aromatic rings. The van der Waals surface area contributed by atoms with Crippen LogP contribution in [0.1, 0.15) is 44.6 Å². The smallest absolute Gasteiger partial charge is 0.0857 e. The predicted octanol–water partition coefficient (Wildman–Crippen LogP) is 2.99. The Hall–Kier alpha value is -0.760. The zero-order valence-electron chi connectivity index (χ0n) is 10.8. The van der Waals surface area contributed by atoms with Gasteiger partial charge in [-0.25, -0.2) is 0 Å². The number of rotatable bonds is 3. The van der Waals surface area contributed by atoms with Gasteiger partial charge in [0.1, 0.15) is 0 Å². The van der Waals surface area contributed by atoms with Crippen molar-refractivity contribution < 1.29 is 5.11 Å². The Bertz CT molecular complexity index is 342. The summed E-state index contributed by atoms with van der Waals surface area (Å²) >= 11 is 0. The average Bonchev–Trinajstić information content (AvgIpc) is 2.30. The Morgan fingerprint density at radius 2 is 1.87 bits per heavy atom. The summed E-state index contributed by atoms with van der Waals surface area (Å²) in [6, 6.07) is 2.09. The summed E-state index contributed by atoms with van der Waals surface area (Å²) in [7, 11) is 0. The third kappa shape index (κ3) is 2.63. The van der Waals surface area contributed by atoms with Crippen LogP contribution < -0.4 is 0 Å². The van der Waals surface area contributed by atoms with E-state index in [4.69, 9.17) is 0 Å². The summed E-state index contributed by atoms with van der Waals surface area (Å²) in [5, 5.41) is 10.0. The molecular weight excluding hydrogens is 186 g/mol. The molecule has 86 valence electrons. The molecule has 0 spiro atoms. The minimum Gasteiger partial charge on any atom is -0.386 e. The molecule has 15 heavy (non-hydrogen) atoms. The highest BCUT2D eigenvalue weighted by molar-refractivity contribution is 5.31. The third-order valence-electron chi connectivity index (χ3n) is 2.78. The third-order valence-corrected chi connectivity index (χ3v) is 2.78. The van der Waals surface area contributed by atoms with Crippen LogP contribution in [0.15, 0.2) is 6.07 Å². The van der Waals surface area contributed by atoms with Crippen LogP contribution in [0.2, 0.25) is 0 Å². The van der Waals surface area contributed by atoms with Gasteiger partial charge in [0, 0.05) is 23.5 Å². The average molecular weight is 209 g/mol. The fourth-order valence-electron chi connectivity index (χ4n) is 2.07. The fourth-order valence-corrected chi connectivity index (χ4v) is 2.07. The molecule has 0 fully saturated rings. The van der Waals surface area contributed by atoms with E-state index in [1.807, 2.05) is 13.8 Å². The van der Waals surface area contributed by atoms with Gasteiger partial charge in [0.2, 0.25) is 0 Å². The summed E-state index contributed by atoms with van der Waals surface area (Å²) in [5.41, 5.74) is 2.73. The van der Waals surface area contributed by atoms with Gasteiger partial charge in [-0.15, -0.1) is 0 Å². The number of nitrogens with zero attached hydrogens (tertiary/aromatic N) is 1. The van der Waals surface area contributed by atoms with Crippen molar-refractivity contribution in [1.29, 1.82) is 0 Å². The molecule has 1 heterocycles. The molecule has 2 nitrogen and oxygen atoms in total. The van der Waals surface area contributed by atoms with Gasteiger partial charge in [0.15, 0.2) is 0 Å². The predicted molar refractivity (Wildman–Crippen MR) is 64.0 cm³/mol.